The van der Waals surface area contributed by atoms with Crippen molar-refractivity contribution in [3.05, 3.63) is 88.8 Å². The van der Waals surface area contributed by atoms with Crippen molar-refractivity contribution in [1.29, 1.82) is 0 Å². The fourth-order valence-electron chi connectivity index (χ4n) is 2.32. The summed E-state index contributed by atoms with van der Waals surface area (Å²) < 4.78 is 10.8. The molecule has 3 rings (SSSR count). The zero-order valence-electron chi connectivity index (χ0n) is 13.7. The highest BCUT2D eigenvalue weighted by Crippen LogP contribution is 2.19. The summed E-state index contributed by atoms with van der Waals surface area (Å²) in [5.41, 5.74) is 2.59. The van der Waals surface area contributed by atoms with E-state index in [4.69, 9.17) is 9.15 Å². The highest BCUT2D eigenvalue weighted by Gasteiger charge is 2.09. The number of ketones is 1. The first kappa shape index (κ1) is 17.9. The zero-order valence-corrected chi connectivity index (χ0v) is 15.3. The van der Waals surface area contributed by atoms with Gasteiger partial charge in [0.05, 0.1) is 0 Å². The Morgan fingerprint density at radius 2 is 1.62 bits per heavy atom. The van der Waals surface area contributed by atoms with Crippen LogP contribution in [0, 0.1) is 0 Å². The standard InChI is InChI=1S/C21H15BrO4/c22-20-12-10-18(26-20)11-13-21(24)25-14-19(23)17-8-6-16(7-9-17)15-4-2-1-3-5-15/h1-13H,14H2. The van der Waals surface area contributed by atoms with Crippen LogP contribution in [0.3, 0.4) is 0 Å². The lowest BCUT2D eigenvalue weighted by Gasteiger charge is -2.04. The number of Topliss-reactive ketones (excluding diaryl/α,β-unsaturated/α-hetero) is 1. The van der Waals surface area contributed by atoms with E-state index < -0.39 is 5.97 Å². The van der Waals surface area contributed by atoms with Crippen molar-refractivity contribution in [2.75, 3.05) is 6.61 Å². The van der Waals surface area contributed by atoms with Gasteiger partial charge < -0.3 is 9.15 Å². The number of furan rings is 1. The van der Waals surface area contributed by atoms with Crippen molar-refractivity contribution >= 4 is 33.8 Å². The summed E-state index contributed by atoms with van der Waals surface area (Å²) in [6.07, 6.45) is 2.70. The molecule has 0 aliphatic heterocycles. The van der Waals surface area contributed by atoms with E-state index in [2.05, 4.69) is 15.9 Å². The van der Waals surface area contributed by atoms with Crippen LogP contribution >= 0.6 is 15.9 Å². The summed E-state index contributed by atoms with van der Waals surface area (Å²) in [5.74, 6) is -0.351. The molecule has 2 aromatic carbocycles. The molecule has 0 aliphatic carbocycles. The summed E-state index contributed by atoms with van der Waals surface area (Å²) >= 11 is 3.17. The Balaban J connectivity index is 1.54. The highest BCUT2D eigenvalue weighted by atomic mass is 79.9. The lowest BCUT2D eigenvalue weighted by Crippen LogP contribution is -2.12. The molecule has 1 heterocycles. The number of carbonyl (C=O) groups excluding carboxylic acids is 2. The van der Waals surface area contributed by atoms with Gasteiger partial charge in [-0.05, 0) is 45.3 Å². The maximum atomic E-state index is 12.1. The second kappa shape index (κ2) is 8.45. The number of ether oxygens (including phenoxy) is 1. The number of rotatable bonds is 6. The van der Waals surface area contributed by atoms with Crippen LogP contribution < -0.4 is 0 Å². The third-order valence-corrected chi connectivity index (χ3v) is 4.06. The first-order valence-electron chi connectivity index (χ1n) is 7.91. The monoisotopic (exact) mass is 410 g/mol. The lowest BCUT2D eigenvalue weighted by atomic mass is 10.0. The maximum Gasteiger partial charge on any atom is 0.331 e. The third-order valence-electron chi connectivity index (χ3n) is 3.64. The molecule has 0 atom stereocenters. The van der Waals surface area contributed by atoms with Crippen LogP contribution in [0.1, 0.15) is 16.1 Å². The third kappa shape index (κ3) is 4.80. The molecule has 0 bridgehead atoms. The Labute approximate surface area is 159 Å². The molecule has 3 aromatic rings. The van der Waals surface area contributed by atoms with Crippen LogP contribution in [0.25, 0.3) is 17.2 Å². The predicted octanol–water partition coefficient (Wildman–Crippen LogP) is 5.15. The molecule has 0 radical (unpaired) electrons. The lowest BCUT2D eigenvalue weighted by molar-refractivity contribution is -0.136. The number of esters is 1. The van der Waals surface area contributed by atoms with E-state index in [9.17, 15) is 9.59 Å². The SMILES string of the molecule is O=C(C=Cc1ccc(Br)o1)OCC(=O)c1ccc(-c2ccccc2)cc1. The average Bonchev–Trinajstić information content (AvgIpc) is 3.10. The number of hydrogen-bond acceptors (Lipinski definition) is 4. The summed E-state index contributed by atoms with van der Waals surface area (Å²) in [7, 11) is 0. The molecular formula is C21H15BrO4. The molecular weight excluding hydrogens is 396 g/mol. The smallest absolute Gasteiger partial charge is 0.331 e. The normalized spacial score (nSPS) is 10.8. The molecule has 26 heavy (non-hydrogen) atoms. The van der Waals surface area contributed by atoms with Gasteiger partial charge in [0, 0.05) is 11.6 Å². The summed E-state index contributed by atoms with van der Waals surface area (Å²) in [6.45, 7) is -0.310. The average molecular weight is 411 g/mol. The number of hydrogen-bond donors (Lipinski definition) is 0. The highest BCUT2D eigenvalue weighted by molar-refractivity contribution is 9.10. The predicted molar refractivity (Wildman–Crippen MR) is 103 cm³/mol. The zero-order chi connectivity index (χ0) is 18.4. The van der Waals surface area contributed by atoms with Crippen molar-refractivity contribution in [3.63, 3.8) is 0 Å². The Hall–Kier alpha value is -2.92. The number of halogens is 1. The van der Waals surface area contributed by atoms with Gasteiger partial charge in [-0.25, -0.2) is 4.79 Å². The molecule has 5 heteroatoms. The van der Waals surface area contributed by atoms with Crippen LogP contribution in [0.5, 0.6) is 0 Å². The van der Waals surface area contributed by atoms with Crippen molar-refractivity contribution in [2.45, 2.75) is 0 Å². The van der Waals surface area contributed by atoms with Gasteiger partial charge in [-0.2, -0.15) is 0 Å². The van der Waals surface area contributed by atoms with Gasteiger partial charge in [0.1, 0.15) is 5.76 Å². The molecule has 0 amide bonds. The van der Waals surface area contributed by atoms with Gasteiger partial charge in [-0.15, -0.1) is 0 Å². The van der Waals surface area contributed by atoms with Gasteiger partial charge in [0.2, 0.25) is 0 Å². The largest absolute Gasteiger partial charge is 0.454 e. The second-order valence-corrected chi connectivity index (χ2v) is 6.23. The fraction of sp³-hybridized carbons (Fsp3) is 0.0476. The van der Waals surface area contributed by atoms with Crippen molar-refractivity contribution in [3.8, 4) is 11.1 Å². The van der Waals surface area contributed by atoms with Crippen LogP contribution in [0.4, 0.5) is 0 Å². The van der Waals surface area contributed by atoms with Crippen LogP contribution in [0.15, 0.2) is 81.9 Å². The fourth-order valence-corrected chi connectivity index (χ4v) is 2.63. The van der Waals surface area contributed by atoms with Gasteiger partial charge >= 0.3 is 5.97 Å². The van der Waals surface area contributed by atoms with E-state index in [1.807, 2.05) is 42.5 Å². The van der Waals surface area contributed by atoms with E-state index in [0.717, 1.165) is 11.1 Å². The van der Waals surface area contributed by atoms with Gasteiger partial charge in [0.25, 0.3) is 0 Å². The molecule has 0 fully saturated rings. The molecule has 0 spiro atoms. The van der Waals surface area contributed by atoms with E-state index in [0.29, 0.717) is 16.0 Å². The van der Waals surface area contributed by atoms with Crippen LogP contribution in [-0.4, -0.2) is 18.4 Å². The topological polar surface area (TPSA) is 56.5 Å². The first-order chi connectivity index (χ1) is 12.6. The number of carbonyl (C=O) groups is 2. The second-order valence-electron chi connectivity index (χ2n) is 5.45. The number of benzene rings is 2. The molecule has 130 valence electrons. The molecule has 0 unspecified atom stereocenters. The van der Waals surface area contributed by atoms with E-state index >= 15 is 0 Å². The minimum Gasteiger partial charge on any atom is -0.454 e. The Bertz CT molecular complexity index is 924. The Kier molecular flexibility index (Phi) is 5.81. The van der Waals surface area contributed by atoms with Crippen molar-refractivity contribution in [2.24, 2.45) is 0 Å². The van der Waals surface area contributed by atoms with E-state index in [1.165, 1.54) is 12.2 Å². The molecule has 0 saturated carbocycles. The van der Waals surface area contributed by atoms with E-state index in [-0.39, 0.29) is 12.4 Å². The molecule has 0 saturated heterocycles. The Morgan fingerprint density at radius 3 is 2.27 bits per heavy atom. The minimum absolute atomic E-state index is 0.257. The maximum absolute atomic E-state index is 12.1. The van der Waals surface area contributed by atoms with Crippen LogP contribution in [0.2, 0.25) is 0 Å². The molecule has 0 N–H and O–H groups in total. The van der Waals surface area contributed by atoms with Gasteiger partial charge in [0.15, 0.2) is 17.1 Å². The summed E-state index contributed by atoms with van der Waals surface area (Å²) in [5, 5.41) is 0. The van der Waals surface area contributed by atoms with Crippen LogP contribution in [-0.2, 0) is 9.53 Å². The summed E-state index contributed by atoms with van der Waals surface area (Å²) in [4.78, 5) is 23.8. The quantitative estimate of drug-likeness (QED) is 0.320. The molecule has 1 aromatic heterocycles. The molecule has 0 aliphatic rings. The first-order valence-corrected chi connectivity index (χ1v) is 8.70. The van der Waals surface area contributed by atoms with E-state index in [1.54, 1.807) is 24.3 Å². The molecule has 4 nitrogen and oxygen atoms in total. The van der Waals surface area contributed by atoms with Gasteiger partial charge in [-0.1, -0.05) is 54.6 Å². The Morgan fingerprint density at radius 1 is 0.923 bits per heavy atom. The van der Waals surface area contributed by atoms with Crippen molar-refractivity contribution < 1.29 is 18.7 Å². The minimum atomic E-state index is -0.605. The summed E-state index contributed by atoms with van der Waals surface area (Å²) in [6, 6.07) is 20.5. The van der Waals surface area contributed by atoms with Gasteiger partial charge in [-0.3, -0.25) is 4.79 Å². The van der Waals surface area contributed by atoms with Crippen molar-refractivity contribution in [1.82, 2.24) is 0 Å².